The van der Waals surface area contributed by atoms with Gasteiger partial charge in [-0.1, -0.05) is 16.4 Å². The van der Waals surface area contributed by atoms with Gasteiger partial charge in [0.2, 0.25) is 23.4 Å². The van der Waals surface area contributed by atoms with E-state index in [1.54, 1.807) is 18.2 Å². The van der Waals surface area contributed by atoms with Crippen molar-refractivity contribution in [3.05, 3.63) is 36.0 Å². The summed E-state index contributed by atoms with van der Waals surface area (Å²) >= 11 is 0. The number of aryl methyl sites for hydroxylation is 1. The van der Waals surface area contributed by atoms with Gasteiger partial charge in [-0.15, -0.1) is 0 Å². The minimum Gasteiger partial charge on any atom is -0.493 e. The Morgan fingerprint density at radius 1 is 1.09 bits per heavy atom. The van der Waals surface area contributed by atoms with Crippen LogP contribution in [0.15, 0.2) is 33.3 Å². The molecule has 11 heteroatoms. The van der Waals surface area contributed by atoms with E-state index in [4.69, 9.17) is 23.3 Å². The fourth-order valence-corrected chi connectivity index (χ4v) is 3.58. The van der Waals surface area contributed by atoms with Crippen LogP contribution in [0.25, 0.3) is 16.8 Å². The van der Waals surface area contributed by atoms with Crippen molar-refractivity contribution in [2.45, 2.75) is 19.3 Å². The summed E-state index contributed by atoms with van der Waals surface area (Å²) < 4.78 is 26.7. The monoisotopic (exact) mass is 469 g/mol. The Balaban J connectivity index is 1.36. The van der Waals surface area contributed by atoms with Crippen LogP contribution < -0.4 is 19.5 Å². The molecule has 11 nitrogen and oxygen atoms in total. The molecule has 3 heterocycles. The summed E-state index contributed by atoms with van der Waals surface area (Å²) in [5.74, 6) is 2.42. The van der Waals surface area contributed by atoms with Crippen LogP contribution in [0.3, 0.4) is 0 Å². The molecule has 1 aromatic carbocycles. The van der Waals surface area contributed by atoms with Crippen LogP contribution >= 0.6 is 0 Å². The van der Waals surface area contributed by atoms with Gasteiger partial charge in [0.1, 0.15) is 5.69 Å². The van der Waals surface area contributed by atoms with Crippen molar-refractivity contribution in [3.8, 4) is 28.5 Å². The van der Waals surface area contributed by atoms with Crippen LogP contribution in [0.2, 0.25) is 0 Å². The number of likely N-dealkylation sites (N-methyl/N-ethyl adjacent to an activating group) is 1. The van der Waals surface area contributed by atoms with E-state index >= 15 is 0 Å². The number of carbonyl (C=O) groups is 1. The molecule has 3 aromatic rings. The maximum atomic E-state index is 12.4. The summed E-state index contributed by atoms with van der Waals surface area (Å²) in [6, 6.07) is 5.12. The zero-order valence-electron chi connectivity index (χ0n) is 19.6. The number of hydrogen-bond donors (Lipinski definition) is 1. The molecule has 0 saturated heterocycles. The molecule has 0 bridgehead atoms. The molecule has 34 heavy (non-hydrogen) atoms. The summed E-state index contributed by atoms with van der Waals surface area (Å²) in [5, 5.41) is 10.8. The highest BCUT2D eigenvalue weighted by Crippen LogP contribution is 2.41. The van der Waals surface area contributed by atoms with Crippen molar-refractivity contribution in [1.29, 1.82) is 0 Å². The van der Waals surface area contributed by atoms with Gasteiger partial charge in [0, 0.05) is 37.6 Å². The molecule has 0 aliphatic carbocycles. The van der Waals surface area contributed by atoms with Crippen LogP contribution in [0.5, 0.6) is 17.2 Å². The van der Waals surface area contributed by atoms with E-state index < -0.39 is 0 Å². The molecule has 0 saturated carbocycles. The highest BCUT2D eigenvalue weighted by molar-refractivity contribution is 5.90. The lowest BCUT2D eigenvalue weighted by Crippen LogP contribution is -2.23. The molecular formula is C23H27N5O6. The van der Waals surface area contributed by atoms with E-state index in [1.165, 1.54) is 21.3 Å². The number of methoxy groups -OCH3 is 3. The van der Waals surface area contributed by atoms with Gasteiger partial charge in [0.15, 0.2) is 17.3 Å². The maximum absolute atomic E-state index is 12.4. The van der Waals surface area contributed by atoms with Gasteiger partial charge >= 0.3 is 0 Å². The Morgan fingerprint density at radius 2 is 1.85 bits per heavy atom. The van der Waals surface area contributed by atoms with E-state index in [2.05, 4.69) is 38.6 Å². The minimum atomic E-state index is -0.258. The van der Waals surface area contributed by atoms with Crippen LogP contribution in [-0.4, -0.2) is 67.6 Å². The fraction of sp³-hybridized carbons (Fsp3) is 0.391. The Bertz CT molecular complexity index is 1160. The van der Waals surface area contributed by atoms with E-state index in [1.807, 2.05) is 0 Å². The van der Waals surface area contributed by atoms with Crippen molar-refractivity contribution >= 4 is 17.4 Å². The molecule has 180 valence electrons. The highest BCUT2D eigenvalue weighted by Gasteiger charge is 2.18. The lowest BCUT2D eigenvalue weighted by Gasteiger charge is -2.19. The molecule has 0 fully saturated rings. The number of aromatic nitrogens is 3. The molecule has 0 spiro atoms. The summed E-state index contributed by atoms with van der Waals surface area (Å²) in [7, 11) is 6.67. The van der Waals surface area contributed by atoms with E-state index in [9.17, 15) is 4.79 Å². The molecule has 1 aliphatic heterocycles. The minimum absolute atomic E-state index is 0.156. The van der Waals surface area contributed by atoms with Crippen LogP contribution in [0, 0.1) is 0 Å². The van der Waals surface area contributed by atoms with Gasteiger partial charge in [-0.05, 0) is 31.2 Å². The second kappa shape index (κ2) is 10.4. The molecule has 0 radical (unpaired) electrons. The zero-order chi connectivity index (χ0) is 24.1. The van der Waals surface area contributed by atoms with E-state index in [0.717, 1.165) is 25.1 Å². The highest BCUT2D eigenvalue weighted by atomic mass is 16.5. The topological polar surface area (TPSA) is 125 Å². The Morgan fingerprint density at radius 3 is 2.50 bits per heavy atom. The van der Waals surface area contributed by atoms with Gasteiger partial charge in [0.05, 0.1) is 21.3 Å². The Hall–Kier alpha value is -3.86. The van der Waals surface area contributed by atoms with Crippen LogP contribution in [-0.2, 0) is 11.2 Å². The normalized spacial score (nSPS) is 13.9. The summed E-state index contributed by atoms with van der Waals surface area (Å²) in [6.07, 6.45) is 3.44. The smallest absolute Gasteiger partial charge is 0.231 e. The average Bonchev–Trinajstić information content (AvgIpc) is 3.52. The second-order valence-electron chi connectivity index (χ2n) is 7.79. The number of nitrogens with zero attached hydrogens (tertiary/aromatic N) is 4. The van der Waals surface area contributed by atoms with E-state index in [-0.39, 0.29) is 18.2 Å². The maximum Gasteiger partial charge on any atom is 0.231 e. The number of nitrogens with one attached hydrogen (secondary N) is 1. The SMILES string of the molecule is COc1cc(-c2cc(NC(=O)CCc3nc(C4=CCN(C)CC4)no3)on2)cc(OC)c1OC. The van der Waals surface area contributed by atoms with Gasteiger partial charge in [-0.3, -0.25) is 10.1 Å². The number of rotatable bonds is 9. The quantitative estimate of drug-likeness (QED) is 0.500. The number of amides is 1. The first-order chi connectivity index (χ1) is 16.5. The van der Waals surface area contributed by atoms with E-state index in [0.29, 0.717) is 46.6 Å². The number of hydrogen-bond acceptors (Lipinski definition) is 10. The lowest BCUT2D eigenvalue weighted by molar-refractivity contribution is -0.116. The molecule has 1 amide bonds. The molecule has 4 rings (SSSR count). The molecule has 0 unspecified atom stereocenters. The number of anilines is 1. The van der Waals surface area contributed by atoms with Gasteiger partial charge in [-0.2, -0.15) is 4.98 Å². The standard InChI is InChI=1S/C23H27N5O6/c1-28-9-7-14(8-10-28)23-25-20(33-27-23)6-5-19(29)24-21-13-16(26-34-21)15-11-17(30-2)22(32-4)18(12-15)31-3/h7,11-13H,5-6,8-10H2,1-4H3,(H,24,29). The summed E-state index contributed by atoms with van der Waals surface area (Å²) in [5.41, 5.74) is 2.25. The van der Waals surface area contributed by atoms with Crippen LogP contribution in [0.1, 0.15) is 24.6 Å². The number of ether oxygens (including phenoxy) is 3. The zero-order valence-corrected chi connectivity index (χ0v) is 19.6. The van der Waals surface area contributed by atoms with Crippen molar-refractivity contribution in [2.24, 2.45) is 0 Å². The molecule has 1 aliphatic rings. The number of benzene rings is 1. The predicted octanol–water partition coefficient (Wildman–Crippen LogP) is 3.04. The molecular weight excluding hydrogens is 442 g/mol. The van der Waals surface area contributed by atoms with Crippen molar-refractivity contribution in [1.82, 2.24) is 20.2 Å². The fourth-order valence-electron chi connectivity index (χ4n) is 3.58. The van der Waals surface area contributed by atoms with Crippen LogP contribution in [0.4, 0.5) is 5.88 Å². The average molecular weight is 469 g/mol. The first-order valence-electron chi connectivity index (χ1n) is 10.8. The first kappa shape index (κ1) is 23.3. The predicted molar refractivity (Wildman–Crippen MR) is 123 cm³/mol. The summed E-state index contributed by atoms with van der Waals surface area (Å²) in [6.45, 7) is 1.81. The molecule has 2 aromatic heterocycles. The first-order valence-corrected chi connectivity index (χ1v) is 10.8. The van der Waals surface area contributed by atoms with Gasteiger partial charge in [-0.25, -0.2) is 0 Å². The molecule has 0 atom stereocenters. The van der Waals surface area contributed by atoms with Crippen molar-refractivity contribution in [2.75, 3.05) is 46.8 Å². The van der Waals surface area contributed by atoms with Gasteiger partial charge < -0.3 is 28.2 Å². The third-order valence-corrected chi connectivity index (χ3v) is 5.47. The summed E-state index contributed by atoms with van der Waals surface area (Å²) in [4.78, 5) is 19.0. The van der Waals surface area contributed by atoms with Gasteiger partial charge in [0.25, 0.3) is 0 Å². The Kier molecular flexibility index (Phi) is 7.12. The third-order valence-electron chi connectivity index (χ3n) is 5.47. The number of carbonyl (C=O) groups excluding carboxylic acids is 1. The second-order valence-corrected chi connectivity index (χ2v) is 7.79. The molecule has 1 N–H and O–H groups in total. The largest absolute Gasteiger partial charge is 0.493 e. The van der Waals surface area contributed by atoms with Crippen molar-refractivity contribution < 1.29 is 28.1 Å². The Labute approximate surface area is 196 Å². The third kappa shape index (κ3) is 5.20. The lowest BCUT2D eigenvalue weighted by atomic mass is 10.1. The van der Waals surface area contributed by atoms with Crippen molar-refractivity contribution in [3.63, 3.8) is 0 Å².